The SMILES string of the molecule is O=C(COc1ccc(OCc2ccccc2)cc1)NCc1ccc(N2CCCC2)nc1. The van der Waals surface area contributed by atoms with Crippen LogP contribution in [0, 0.1) is 0 Å². The van der Waals surface area contributed by atoms with E-state index in [4.69, 9.17) is 9.47 Å². The van der Waals surface area contributed by atoms with Gasteiger partial charge in [0.2, 0.25) is 0 Å². The molecule has 1 aliphatic rings. The molecule has 3 aromatic rings. The third kappa shape index (κ3) is 6.22. The molecule has 0 bridgehead atoms. The van der Waals surface area contributed by atoms with Crippen molar-refractivity contribution in [1.82, 2.24) is 10.3 Å². The molecule has 1 amide bonds. The average Bonchev–Trinajstić information content (AvgIpc) is 3.37. The molecular weight excluding hydrogens is 390 g/mol. The number of ether oxygens (including phenoxy) is 2. The van der Waals surface area contributed by atoms with E-state index >= 15 is 0 Å². The molecule has 0 aliphatic carbocycles. The summed E-state index contributed by atoms with van der Waals surface area (Å²) in [6.07, 6.45) is 4.27. The van der Waals surface area contributed by atoms with Crippen molar-refractivity contribution >= 4 is 11.7 Å². The van der Waals surface area contributed by atoms with Crippen molar-refractivity contribution < 1.29 is 14.3 Å². The first-order valence-electron chi connectivity index (χ1n) is 10.6. The van der Waals surface area contributed by atoms with Gasteiger partial charge < -0.3 is 19.7 Å². The molecule has 0 atom stereocenters. The van der Waals surface area contributed by atoms with Gasteiger partial charge in [-0.3, -0.25) is 4.79 Å². The van der Waals surface area contributed by atoms with Gasteiger partial charge in [0, 0.05) is 25.8 Å². The van der Waals surface area contributed by atoms with E-state index in [0.29, 0.717) is 18.9 Å². The zero-order valence-corrected chi connectivity index (χ0v) is 17.5. The molecular formula is C25H27N3O3. The lowest BCUT2D eigenvalue weighted by molar-refractivity contribution is -0.123. The molecule has 0 unspecified atom stereocenters. The van der Waals surface area contributed by atoms with E-state index < -0.39 is 0 Å². The number of hydrogen-bond donors (Lipinski definition) is 1. The molecule has 6 nitrogen and oxygen atoms in total. The van der Waals surface area contributed by atoms with Crippen molar-refractivity contribution in [2.75, 3.05) is 24.6 Å². The van der Waals surface area contributed by atoms with E-state index in [-0.39, 0.29) is 12.5 Å². The van der Waals surface area contributed by atoms with Crippen LogP contribution in [-0.2, 0) is 17.9 Å². The highest BCUT2D eigenvalue weighted by Gasteiger charge is 2.13. The molecule has 1 aromatic heterocycles. The summed E-state index contributed by atoms with van der Waals surface area (Å²) >= 11 is 0. The summed E-state index contributed by atoms with van der Waals surface area (Å²) in [7, 11) is 0. The smallest absolute Gasteiger partial charge is 0.258 e. The number of nitrogens with one attached hydrogen (secondary N) is 1. The number of pyridine rings is 1. The van der Waals surface area contributed by atoms with Gasteiger partial charge in [-0.1, -0.05) is 36.4 Å². The number of benzene rings is 2. The minimum Gasteiger partial charge on any atom is -0.489 e. The number of hydrogen-bond acceptors (Lipinski definition) is 5. The Bertz CT molecular complexity index is 954. The second-order valence-corrected chi connectivity index (χ2v) is 7.53. The zero-order valence-electron chi connectivity index (χ0n) is 17.5. The predicted molar refractivity (Wildman–Crippen MR) is 120 cm³/mol. The summed E-state index contributed by atoms with van der Waals surface area (Å²) in [5.41, 5.74) is 2.08. The van der Waals surface area contributed by atoms with Crippen LogP contribution in [0.15, 0.2) is 72.9 Å². The monoisotopic (exact) mass is 417 g/mol. The summed E-state index contributed by atoms with van der Waals surface area (Å²) in [5, 5.41) is 2.87. The van der Waals surface area contributed by atoms with E-state index in [2.05, 4.69) is 15.2 Å². The number of anilines is 1. The fraction of sp³-hybridized carbons (Fsp3) is 0.280. The van der Waals surface area contributed by atoms with Gasteiger partial charge in [-0.05, 0) is 54.3 Å². The van der Waals surface area contributed by atoms with Crippen molar-refractivity contribution in [3.63, 3.8) is 0 Å². The molecule has 2 aromatic carbocycles. The lowest BCUT2D eigenvalue weighted by Gasteiger charge is -2.16. The molecule has 1 fully saturated rings. The van der Waals surface area contributed by atoms with E-state index in [1.54, 1.807) is 12.1 Å². The van der Waals surface area contributed by atoms with E-state index in [0.717, 1.165) is 35.8 Å². The molecule has 6 heteroatoms. The first-order valence-corrected chi connectivity index (χ1v) is 10.6. The second-order valence-electron chi connectivity index (χ2n) is 7.53. The first kappa shape index (κ1) is 20.7. The summed E-state index contributed by atoms with van der Waals surface area (Å²) < 4.78 is 11.3. The summed E-state index contributed by atoms with van der Waals surface area (Å²) in [4.78, 5) is 18.9. The van der Waals surface area contributed by atoms with E-state index in [1.807, 2.05) is 60.8 Å². The molecule has 2 heterocycles. The van der Waals surface area contributed by atoms with Crippen LogP contribution in [0.3, 0.4) is 0 Å². The summed E-state index contributed by atoms with van der Waals surface area (Å²) in [6.45, 7) is 3.05. The molecule has 0 radical (unpaired) electrons. The fourth-order valence-electron chi connectivity index (χ4n) is 3.43. The molecule has 1 saturated heterocycles. The highest BCUT2D eigenvalue weighted by Crippen LogP contribution is 2.19. The molecule has 1 aliphatic heterocycles. The van der Waals surface area contributed by atoms with Crippen LogP contribution in [0.1, 0.15) is 24.0 Å². The van der Waals surface area contributed by atoms with Crippen molar-refractivity contribution in [3.05, 3.63) is 84.1 Å². The number of rotatable bonds is 9. The summed E-state index contributed by atoms with van der Waals surface area (Å²) in [6, 6.07) is 21.3. The third-order valence-corrected chi connectivity index (χ3v) is 5.17. The second kappa shape index (κ2) is 10.5. The van der Waals surface area contributed by atoms with Crippen LogP contribution >= 0.6 is 0 Å². The minimum atomic E-state index is -0.173. The van der Waals surface area contributed by atoms with Gasteiger partial charge in [-0.2, -0.15) is 0 Å². The molecule has 31 heavy (non-hydrogen) atoms. The van der Waals surface area contributed by atoms with Crippen LogP contribution in [-0.4, -0.2) is 30.6 Å². The number of amides is 1. The lowest BCUT2D eigenvalue weighted by Crippen LogP contribution is -2.28. The maximum Gasteiger partial charge on any atom is 0.258 e. The maximum atomic E-state index is 12.1. The van der Waals surface area contributed by atoms with Crippen molar-refractivity contribution in [2.45, 2.75) is 26.0 Å². The largest absolute Gasteiger partial charge is 0.489 e. The number of carbonyl (C=O) groups is 1. The van der Waals surface area contributed by atoms with Crippen LogP contribution < -0.4 is 19.7 Å². The Morgan fingerprint density at radius 1 is 0.871 bits per heavy atom. The van der Waals surface area contributed by atoms with Crippen LogP contribution in [0.4, 0.5) is 5.82 Å². The molecule has 0 spiro atoms. The van der Waals surface area contributed by atoms with Crippen molar-refractivity contribution in [2.24, 2.45) is 0 Å². The first-order chi connectivity index (χ1) is 15.3. The normalized spacial score (nSPS) is 13.1. The third-order valence-electron chi connectivity index (χ3n) is 5.17. The average molecular weight is 418 g/mol. The van der Waals surface area contributed by atoms with E-state index in [1.165, 1.54) is 12.8 Å². The Morgan fingerprint density at radius 3 is 2.26 bits per heavy atom. The fourth-order valence-corrected chi connectivity index (χ4v) is 3.43. The predicted octanol–water partition coefficient (Wildman–Crippen LogP) is 3.96. The Kier molecular flexibility index (Phi) is 7.00. The molecule has 0 saturated carbocycles. The van der Waals surface area contributed by atoms with Gasteiger partial charge in [0.05, 0.1) is 0 Å². The quantitative estimate of drug-likeness (QED) is 0.571. The molecule has 1 N–H and O–H groups in total. The van der Waals surface area contributed by atoms with Crippen LogP contribution in [0.5, 0.6) is 11.5 Å². The van der Waals surface area contributed by atoms with Crippen LogP contribution in [0.2, 0.25) is 0 Å². The standard InChI is InChI=1S/C25H27N3O3/c29-25(27-17-21-8-13-24(26-16-21)28-14-4-5-15-28)19-31-23-11-9-22(10-12-23)30-18-20-6-2-1-3-7-20/h1-3,6-13,16H,4-5,14-15,17-19H2,(H,27,29). The number of aromatic nitrogens is 1. The van der Waals surface area contributed by atoms with E-state index in [9.17, 15) is 4.79 Å². The van der Waals surface area contributed by atoms with Crippen LogP contribution in [0.25, 0.3) is 0 Å². The topological polar surface area (TPSA) is 63.7 Å². The van der Waals surface area contributed by atoms with Gasteiger partial charge in [0.15, 0.2) is 6.61 Å². The van der Waals surface area contributed by atoms with Gasteiger partial charge in [0.1, 0.15) is 23.9 Å². The minimum absolute atomic E-state index is 0.0382. The van der Waals surface area contributed by atoms with Gasteiger partial charge in [0.25, 0.3) is 5.91 Å². The number of nitrogens with zero attached hydrogens (tertiary/aromatic N) is 2. The highest BCUT2D eigenvalue weighted by molar-refractivity contribution is 5.77. The Hall–Kier alpha value is -3.54. The van der Waals surface area contributed by atoms with Gasteiger partial charge in [-0.25, -0.2) is 4.98 Å². The zero-order chi connectivity index (χ0) is 21.3. The Balaban J connectivity index is 1.17. The molecule has 160 valence electrons. The Labute approximate surface area is 182 Å². The van der Waals surface area contributed by atoms with Crippen molar-refractivity contribution in [3.8, 4) is 11.5 Å². The van der Waals surface area contributed by atoms with Gasteiger partial charge >= 0.3 is 0 Å². The number of carbonyl (C=O) groups excluding carboxylic acids is 1. The van der Waals surface area contributed by atoms with Crippen molar-refractivity contribution in [1.29, 1.82) is 0 Å². The summed E-state index contributed by atoms with van der Waals surface area (Å²) in [5.74, 6) is 2.21. The Morgan fingerprint density at radius 2 is 1.58 bits per heavy atom. The highest BCUT2D eigenvalue weighted by atomic mass is 16.5. The van der Waals surface area contributed by atoms with Gasteiger partial charge in [-0.15, -0.1) is 0 Å². The lowest BCUT2D eigenvalue weighted by atomic mass is 10.2. The maximum absolute atomic E-state index is 12.1. The molecule has 4 rings (SSSR count).